The van der Waals surface area contributed by atoms with Gasteiger partial charge in [-0.3, -0.25) is 9.11 Å². The van der Waals surface area contributed by atoms with Crippen LogP contribution in [-0.4, -0.2) is 33.5 Å². The standard InChI is InChI=1S/C19H26FN3O2S/c1-15-9-10-18-16(13-15)14-22(12-6-5-11-21-2)26(24,25)23(18)19-8-4-3-7-17(19)20/h3-4,7-10,13,21,24-25H,5-6,11-12,14H2,1-2H3. The number of benzene rings is 2. The molecule has 5 nitrogen and oxygen atoms in total. The van der Waals surface area contributed by atoms with Crippen LogP contribution in [0, 0.1) is 12.7 Å². The molecule has 0 aliphatic carbocycles. The Bertz CT molecular complexity index is 772. The topological polar surface area (TPSA) is 59.0 Å². The number of hydrogen-bond acceptors (Lipinski definition) is 5. The maximum absolute atomic E-state index is 14.5. The summed E-state index contributed by atoms with van der Waals surface area (Å²) >= 11 is 0. The predicted octanol–water partition coefficient (Wildman–Crippen LogP) is 4.67. The quantitative estimate of drug-likeness (QED) is 0.637. The molecule has 1 aliphatic rings. The molecule has 0 atom stereocenters. The zero-order chi connectivity index (χ0) is 18.7. The van der Waals surface area contributed by atoms with Crippen molar-refractivity contribution in [3.05, 3.63) is 59.4 Å². The Morgan fingerprint density at radius 2 is 1.88 bits per heavy atom. The van der Waals surface area contributed by atoms with Gasteiger partial charge < -0.3 is 5.32 Å². The zero-order valence-corrected chi connectivity index (χ0v) is 16.0. The summed E-state index contributed by atoms with van der Waals surface area (Å²) in [5.41, 5.74) is 2.88. The number of nitrogens with zero attached hydrogens (tertiary/aromatic N) is 2. The first-order valence-electron chi connectivity index (χ1n) is 8.77. The fourth-order valence-electron chi connectivity index (χ4n) is 3.23. The Labute approximate surface area is 156 Å². The van der Waals surface area contributed by atoms with Crippen molar-refractivity contribution in [1.29, 1.82) is 0 Å². The highest BCUT2D eigenvalue weighted by atomic mass is 32.3. The second kappa shape index (κ2) is 7.94. The highest BCUT2D eigenvalue weighted by Crippen LogP contribution is 2.59. The van der Waals surface area contributed by atoms with Crippen molar-refractivity contribution in [2.75, 3.05) is 24.4 Å². The summed E-state index contributed by atoms with van der Waals surface area (Å²) in [6, 6.07) is 12.0. The Kier molecular flexibility index (Phi) is 5.84. The molecule has 0 saturated heterocycles. The van der Waals surface area contributed by atoms with E-state index in [0.29, 0.717) is 18.8 Å². The molecule has 7 heteroatoms. The summed E-state index contributed by atoms with van der Waals surface area (Å²) in [4.78, 5) is 0. The lowest BCUT2D eigenvalue weighted by Crippen LogP contribution is -2.42. The molecule has 1 heterocycles. The first-order chi connectivity index (χ1) is 12.4. The number of hydrogen-bond donors (Lipinski definition) is 3. The van der Waals surface area contributed by atoms with E-state index in [1.165, 1.54) is 10.4 Å². The van der Waals surface area contributed by atoms with Crippen LogP contribution >= 0.6 is 11.0 Å². The maximum atomic E-state index is 14.5. The number of anilines is 2. The second-order valence-corrected chi connectivity index (χ2v) is 8.40. The van der Waals surface area contributed by atoms with Crippen LogP contribution in [-0.2, 0) is 6.54 Å². The van der Waals surface area contributed by atoms with E-state index in [-0.39, 0.29) is 5.69 Å². The van der Waals surface area contributed by atoms with E-state index >= 15 is 0 Å². The van der Waals surface area contributed by atoms with Crippen molar-refractivity contribution in [2.24, 2.45) is 0 Å². The summed E-state index contributed by atoms with van der Waals surface area (Å²) in [5.74, 6) is -0.476. The molecule has 0 saturated carbocycles. The van der Waals surface area contributed by atoms with E-state index in [2.05, 4.69) is 5.32 Å². The number of nitrogens with one attached hydrogen (secondary N) is 1. The highest BCUT2D eigenvalue weighted by Gasteiger charge is 2.38. The number of fused-ring (bicyclic) bond motifs is 1. The van der Waals surface area contributed by atoms with Gasteiger partial charge in [-0.15, -0.1) is 0 Å². The van der Waals surface area contributed by atoms with Gasteiger partial charge >= 0.3 is 0 Å². The van der Waals surface area contributed by atoms with Gasteiger partial charge in [0.25, 0.3) is 0 Å². The first kappa shape index (κ1) is 19.1. The number of halogens is 1. The van der Waals surface area contributed by atoms with Gasteiger partial charge in [0.2, 0.25) is 0 Å². The number of aryl methyl sites for hydroxylation is 1. The van der Waals surface area contributed by atoms with Crippen LogP contribution in [0.4, 0.5) is 15.8 Å². The lowest BCUT2D eigenvalue weighted by atomic mass is 10.1. The summed E-state index contributed by atoms with van der Waals surface area (Å²) in [6.45, 7) is 3.84. The third-order valence-corrected chi connectivity index (χ3v) is 6.44. The Morgan fingerprint density at radius 1 is 1.12 bits per heavy atom. The van der Waals surface area contributed by atoms with Crippen molar-refractivity contribution < 1.29 is 13.5 Å². The van der Waals surface area contributed by atoms with Crippen molar-refractivity contribution in [3.63, 3.8) is 0 Å². The SMILES string of the molecule is CNCCCCN1Cc2cc(C)ccc2N(c2ccccc2F)S1(O)O. The average Bonchev–Trinajstić information content (AvgIpc) is 2.60. The van der Waals surface area contributed by atoms with Gasteiger partial charge in [-0.1, -0.05) is 29.8 Å². The summed E-state index contributed by atoms with van der Waals surface area (Å²) in [7, 11) is -1.45. The van der Waals surface area contributed by atoms with Crippen LogP contribution < -0.4 is 9.62 Å². The number of rotatable bonds is 6. The molecule has 3 N–H and O–H groups in total. The summed E-state index contributed by atoms with van der Waals surface area (Å²) < 4.78 is 39.6. The molecule has 0 fully saturated rings. The summed E-state index contributed by atoms with van der Waals surface area (Å²) in [6.07, 6.45) is 1.76. The van der Waals surface area contributed by atoms with Crippen molar-refractivity contribution >= 4 is 22.3 Å². The van der Waals surface area contributed by atoms with E-state index in [1.54, 1.807) is 22.5 Å². The minimum absolute atomic E-state index is 0.178. The fourth-order valence-corrected chi connectivity index (χ4v) is 5.00. The molecule has 3 rings (SSSR count). The zero-order valence-electron chi connectivity index (χ0n) is 15.2. The Morgan fingerprint density at radius 3 is 2.62 bits per heavy atom. The highest BCUT2D eigenvalue weighted by molar-refractivity contribution is 8.23. The van der Waals surface area contributed by atoms with Gasteiger partial charge in [-0.25, -0.2) is 8.70 Å². The molecule has 2 aromatic carbocycles. The third-order valence-electron chi connectivity index (χ3n) is 4.55. The predicted molar refractivity (Wildman–Crippen MR) is 106 cm³/mol. The van der Waals surface area contributed by atoms with Gasteiger partial charge in [0.1, 0.15) is 5.82 Å². The van der Waals surface area contributed by atoms with Crippen LogP contribution in [0.25, 0.3) is 0 Å². The minimum Gasteiger partial charge on any atom is -0.320 e. The van der Waals surface area contributed by atoms with E-state index in [1.807, 2.05) is 32.2 Å². The lowest BCUT2D eigenvalue weighted by molar-refractivity contribution is 0.329. The molecular weight excluding hydrogens is 353 g/mol. The van der Waals surface area contributed by atoms with Gasteiger partial charge in [0, 0.05) is 13.1 Å². The average molecular weight is 380 g/mol. The molecule has 0 radical (unpaired) electrons. The normalized spacial score (nSPS) is 17.8. The molecular formula is C19H26FN3O2S. The molecule has 0 bridgehead atoms. The van der Waals surface area contributed by atoms with Crippen molar-refractivity contribution in [1.82, 2.24) is 9.62 Å². The monoisotopic (exact) mass is 379 g/mol. The van der Waals surface area contributed by atoms with Gasteiger partial charge in [0.15, 0.2) is 0 Å². The summed E-state index contributed by atoms with van der Waals surface area (Å²) in [5, 5.41) is 3.09. The first-order valence-corrected chi connectivity index (χ1v) is 10.2. The molecule has 0 amide bonds. The van der Waals surface area contributed by atoms with Crippen LogP contribution in [0.5, 0.6) is 0 Å². The third kappa shape index (κ3) is 3.72. The Hall–Kier alpha value is -1.64. The van der Waals surface area contributed by atoms with Crippen molar-refractivity contribution in [2.45, 2.75) is 26.3 Å². The second-order valence-electron chi connectivity index (χ2n) is 6.54. The van der Waals surface area contributed by atoms with Gasteiger partial charge in [0.05, 0.1) is 11.4 Å². The van der Waals surface area contributed by atoms with Crippen LogP contribution in [0.3, 0.4) is 0 Å². The largest absolute Gasteiger partial charge is 0.320 e. The molecule has 0 unspecified atom stereocenters. The van der Waals surface area contributed by atoms with E-state index in [4.69, 9.17) is 0 Å². The minimum atomic E-state index is -3.35. The molecule has 1 aliphatic heterocycles. The van der Waals surface area contributed by atoms with Gasteiger partial charge in [-0.2, -0.15) is 4.31 Å². The number of para-hydroxylation sites is 1. The lowest BCUT2D eigenvalue weighted by Gasteiger charge is -2.54. The van der Waals surface area contributed by atoms with E-state index < -0.39 is 16.8 Å². The van der Waals surface area contributed by atoms with E-state index in [0.717, 1.165) is 30.5 Å². The molecule has 2 aromatic rings. The maximum Gasteiger partial charge on any atom is 0.148 e. The van der Waals surface area contributed by atoms with Crippen LogP contribution in [0.1, 0.15) is 24.0 Å². The molecule has 142 valence electrons. The Balaban J connectivity index is 2.01. The van der Waals surface area contributed by atoms with Gasteiger partial charge in [-0.05, 0) is 68.1 Å². The van der Waals surface area contributed by atoms with E-state index in [9.17, 15) is 13.5 Å². The van der Waals surface area contributed by atoms with Crippen LogP contribution in [0.15, 0.2) is 42.5 Å². The number of unbranched alkanes of at least 4 members (excludes halogenated alkanes) is 1. The molecule has 26 heavy (non-hydrogen) atoms. The smallest absolute Gasteiger partial charge is 0.148 e. The van der Waals surface area contributed by atoms with Crippen molar-refractivity contribution in [3.8, 4) is 0 Å². The van der Waals surface area contributed by atoms with Crippen LogP contribution in [0.2, 0.25) is 0 Å². The molecule has 0 aromatic heterocycles. The fraction of sp³-hybridized carbons (Fsp3) is 0.368. The molecule has 0 spiro atoms.